The standard InChI is InChI=1S/C21H27N7O.HI/c1-22-21(25-15-19-27-26-18-9-5-6-12-28(18)19)24-14-16-10-11-23-20(13-16)29-17-7-3-2-4-8-17;/h5-6,9-13,17H,2-4,7-8,14-15H2,1H3,(H2,22,24,25);1H. The van der Waals surface area contributed by atoms with Crippen LogP contribution in [0.3, 0.4) is 0 Å². The molecule has 1 fully saturated rings. The maximum absolute atomic E-state index is 6.06. The molecule has 9 heteroatoms. The second kappa shape index (κ2) is 11.1. The third-order valence-corrected chi connectivity index (χ3v) is 5.12. The Bertz CT molecular complexity index is 969. The van der Waals surface area contributed by atoms with Gasteiger partial charge in [-0.25, -0.2) is 4.98 Å². The first kappa shape index (κ1) is 22.3. The van der Waals surface area contributed by atoms with E-state index in [0.717, 1.165) is 29.9 Å². The van der Waals surface area contributed by atoms with Crippen LogP contribution in [0, 0.1) is 0 Å². The van der Waals surface area contributed by atoms with Crippen molar-refractivity contribution < 1.29 is 4.74 Å². The van der Waals surface area contributed by atoms with Gasteiger partial charge in [-0.05, 0) is 49.4 Å². The number of rotatable bonds is 6. The summed E-state index contributed by atoms with van der Waals surface area (Å²) < 4.78 is 8.02. The molecule has 1 aliphatic rings. The Morgan fingerprint density at radius 1 is 1.13 bits per heavy atom. The van der Waals surface area contributed by atoms with Gasteiger partial charge in [0.15, 0.2) is 17.4 Å². The maximum atomic E-state index is 6.06. The van der Waals surface area contributed by atoms with E-state index < -0.39 is 0 Å². The summed E-state index contributed by atoms with van der Waals surface area (Å²) in [7, 11) is 1.75. The molecule has 30 heavy (non-hydrogen) atoms. The molecular weight excluding hydrogens is 493 g/mol. The number of aliphatic imine (C=N–C) groups is 1. The molecule has 1 aliphatic carbocycles. The van der Waals surface area contributed by atoms with E-state index in [2.05, 4.69) is 30.8 Å². The fourth-order valence-electron chi connectivity index (χ4n) is 3.56. The van der Waals surface area contributed by atoms with E-state index in [4.69, 9.17) is 4.74 Å². The number of aromatic nitrogens is 4. The third kappa shape index (κ3) is 5.80. The van der Waals surface area contributed by atoms with Gasteiger partial charge < -0.3 is 15.4 Å². The summed E-state index contributed by atoms with van der Waals surface area (Å²) in [5.41, 5.74) is 1.93. The molecular formula is C21H28IN7O. The second-order valence-electron chi connectivity index (χ2n) is 7.20. The Hall–Kier alpha value is -2.43. The molecule has 0 aromatic carbocycles. The largest absolute Gasteiger partial charge is 0.474 e. The van der Waals surface area contributed by atoms with Gasteiger partial charge in [-0.2, -0.15) is 0 Å². The lowest BCUT2D eigenvalue weighted by atomic mass is 9.98. The molecule has 4 rings (SSSR count). The van der Waals surface area contributed by atoms with Gasteiger partial charge >= 0.3 is 0 Å². The van der Waals surface area contributed by atoms with Crippen LogP contribution < -0.4 is 15.4 Å². The van der Waals surface area contributed by atoms with Crippen LogP contribution in [0.2, 0.25) is 0 Å². The van der Waals surface area contributed by atoms with Crippen LogP contribution in [0.1, 0.15) is 43.5 Å². The first-order valence-electron chi connectivity index (χ1n) is 10.2. The number of ether oxygens (including phenoxy) is 1. The molecule has 0 spiro atoms. The van der Waals surface area contributed by atoms with E-state index in [9.17, 15) is 0 Å². The molecule has 0 aliphatic heterocycles. The van der Waals surface area contributed by atoms with Crippen molar-refractivity contribution in [1.82, 2.24) is 30.2 Å². The molecule has 2 N–H and O–H groups in total. The molecule has 3 aromatic rings. The van der Waals surface area contributed by atoms with E-state index in [0.29, 0.717) is 31.0 Å². The number of guanidine groups is 1. The molecule has 0 saturated heterocycles. The van der Waals surface area contributed by atoms with Crippen molar-refractivity contribution in [1.29, 1.82) is 0 Å². The molecule has 0 radical (unpaired) electrons. The number of halogens is 1. The summed E-state index contributed by atoms with van der Waals surface area (Å²) >= 11 is 0. The van der Waals surface area contributed by atoms with Crippen LogP contribution in [0.25, 0.3) is 5.65 Å². The highest BCUT2D eigenvalue weighted by Gasteiger charge is 2.15. The number of pyridine rings is 2. The summed E-state index contributed by atoms with van der Waals surface area (Å²) in [6, 6.07) is 9.83. The van der Waals surface area contributed by atoms with Gasteiger partial charge in [-0.3, -0.25) is 9.39 Å². The van der Waals surface area contributed by atoms with Crippen molar-refractivity contribution in [2.45, 2.75) is 51.3 Å². The second-order valence-corrected chi connectivity index (χ2v) is 7.20. The molecule has 0 bridgehead atoms. The number of hydrogen-bond acceptors (Lipinski definition) is 5. The van der Waals surface area contributed by atoms with Crippen molar-refractivity contribution >= 4 is 35.6 Å². The van der Waals surface area contributed by atoms with Crippen molar-refractivity contribution in [3.63, 3.8) is 0 Å². The monoisotopic (exact) mass is 521 g/mol. The zero-order chi connectivity index (χ0) is 19.9. The lowest BCUT2D eigenvalue weighted by Crippen LogP contribution is -2.36. The number of fused-ring (bicyclic) bond motifs is 1. The Kier molecular flexibility index (Phi) is 8.23. The SMILES string of the molecule is CN=C(NCc1ccnc(OC2CCCCC2)c1)NCc1nnc2ccccn12.I. The number of nitrogens with one attached hydrogen (secondary N) is 2. The van der Waals surface area contributed by atoms with E-state index in [-0.39, 0.29) is 24.0 Å². The van der Waals surface area contributed by atoms with Crippen molar-refractivity contribution in [2.75, 3.05) is 7.05 Å². The molecule has 160 valence electrons. The van der Waals surface area contributed by atoms with Gasteiger partial charge in [0.2, 0.25) is 5.88 Å². The zero-order valence-corrected chi connectivity index (χ0v) is 19.5. The van der Waals surface area contributed by atoms with Crippen LogP contribution in [-0.2, 0) is 13.1 Å². The average Bonchev–Trinajstić information content (AvgIpc) is 3.18. The number of hydrogen-bond donors (Lipinski definition) is 2. The average molecular weight is 521 g/mol. The summed E-state index contributed by atoms with van der Waals surface area (Å²) in [6.07, 6.45) is 10.1. The minimum Gasteiger partial charge on any atom is -0.474 e. The van der Waals surface area contributed by atoms with E-state index >= 15 is 0 Å². The lowest BCUT2D eigenvalue weighted by Gasteiger charge is -2.22. The Labute approximate surface area is 193 Å². The minimum atomic E-state index is 0. The quantitative estimate of drug-likeness (QED) is 0.294. The normalized spacial score (nSPS) is 14.9. The van der Waals surface area contributed by atoms with E-state index in [1.165, 1.54) is 19.3 Å². The highest BCUT2D eigenvalue weighted by Crippen LogP contribution is 2.22. The van der Waals surface area contributed by atoms with E-state index in [1.807, 2.05) is 40.9 Å². The van der Waals surface area contributed by atoms with Crippen molar-refractivity contribution in [2.24, 2.45) is 4.99 Å². The van der Waals surface area contributed by atoms with Gasteiger partial charge in [-0.1, -0.05) is 12.5 Å². The molecule has 8 nitrogen and oxygen atoms in total. The van der Waals surface area contributed by atoms with Gasteiger partial charge in [0.25, 0.3) is 0 Å². The van der Waals surface area contributed by atoms with Gasteiger partial charge in [-0.15, -0.1) is 34.2 Å². The predicted molar refractivity (Wildman–Crippen MR) is 127 cm³/mol. The lowest BCUT2D eigenvalue weighted by molar-refractivity contribution is 0.148. The summed E-state index contributed by atoms with van der Waals surface area (Å²) in [4.78, 5) is 8.65. The summed E-state index contributed by atoms with van der Waals surface area (Å²) in [5, 5.41) is 15.0. The van der Waals surface area contributed by atoms with Crippen LogP contribution in [0.15, 0.2) is 47.7 Å². The van der Waals surface area contributed by atoms with Crippen molar-refractivity contribution in [3.05, 3.63) is 54.1 Å². The van der Waals surface area contributed by atoms with Crippen LogP contribution in [-0.4, -0.2) is 38.7 Å². The Morgan fingerprint density at radius 2 is 1.97 bits per heavy atom. The zero-order valence-electron chi connectivity index (χ0n) is 17.1. The van der Waals surface area contributed by atoms with Gasteiger partial charge in [0.05, 0.1) is 6.54 Å². The van der Waals surface area contributed by atoms with Gasteiger partial charge in [0.1, 0.15) is 6.10 Å². The highest BCUT2D eigenvalue weighted by molar-refractivity contribution is 14.0. The molecule has 0 atom stereocenters. The molecule has 0 amide bonds. The van der Waals surface area contributed by atoms with Crippen LogP contribution >= 0.6 is 24.0 Å². The Morgan fingerprint density at radius 3 is 2.80 bits per heavy atom. The molecule has 0 unspecified atom stereocenters. The maximum Gasteiger partial charge on any atom is 0.213 e. The Balaban J connectivity index is 0.00000256. The first-order chi connectivity index (χ1) is 14.3. The molecule has 3 heterocycles. The molecule has 1 saturated carbocycles. The summed E-state index contributed by atoms with van der Waals surface area (Å²) in [6.45, 7) is 1.15. The predicted octanol–water partition coefficient (Wildman–Crippen LogP) is 3.32. The highest BCUT2D eigenvalue weighted by atomic mass is 127. The molecule has 3 aromatic heterocycles. The summed E-state index contributed by atoms with van der Waals surface area (Å²) in [5.74, 6) is 2.23. The van der Waals surface area contributed by atoms with Crippen molar-refractivity contribution in [3.8, 4) is 5.88 Å². The smallest absolute Gasteiger partial charge is 0.213 e. The minimum absolute atomic E-state index is 0. The van der Waals surface area contributed by atoms with Crippen LogP contribution in [0.4, 0.5) is 0 Å². The van der Waals surface area contributed by atoms with Gasteiger partial charge in [0, 0.05) is 32.1 Å². The fourth-order valence-corrected chi connectivity index (χ4v) is 3.56. The third-order valence-electron chi connectivity index (χ3n) is 5.12. The van der Waals surface area contributed by atoms with Crippen LogP contribution in [0.5, 0.6) is 5.88 Å². The fraction of sp³-hybridized carbons (Fsp3) is 0.429. The number of nitrogens with zero attached hydrogens (tertiary/aromatic N) is 5. The topological polar surface area (TPSA) is 88.7 Å². The van der Waals surface area contributed by atoms with E-state index in [1.54, 1.807) is 13.2 Å². The first-order valence-corrected chi connectivity index (χ1v) is 10.2.